The van der Waals surface area contributed by atoms with Gasteiger partial charge in [-0.05, 0) is 12.8 Å². The van der Waals surface area contributed by atoms with E-state index in [9.17, 15) is 9.59 Å². The standard InChI is InChI=1S/C8H9NO4S/c1-2-3-4-9-5(7(10)11)6(14-4)8(12)13/h2-3H2,1H3,(H,10,11)(H,12,13). The second-order valence-corrected chi connectivity index (χ2v) is 3.73. The lowest BCUT2D eigenvalue weighted by Gasteiger charge is -1.88. The van der Waals surface area contributed by atoms with Crippen molar-refractivity contribution in [2.24, 2.45) is 0 Å². The van der Waals surface area contributed by atoms with Gasteiger partial charge >= 0.3 is 11.9 Å². The van der Waals surface area contributed by atoms with Crippen molar-refractivity contribution in [1.82, 2.24) is 4.98 Å². The van der Waals surface area contributed by atoms with Gasteiger partial charge in [0.15, 0.2) is 5.69 Å². The zero-order valence-electron chi connectivity index (χ0n) is 7.48. The Labute approximate surface area is 84.0 Å². The van der Waals surface area contributed by atoms with E-state index >= 15 is 0 Å². The number of carboxylic acids is 2. The molecule has 0 amide bonds. The van der Waals surface area contributed by atoms with Crippen molar-refractivity contribution in [3.05, 3.63) is 15.6 Å². The highest BCUT2D eigenvalue weighted by Crippen LogP contribution is 2.19. The van der Waals surface area contributed by atoms with Crippen LogP contribution in [-0.2, 0) is 6.42 Å². The number of aryl methyl sites for hydroxylation is 1. The van der Waals surface area contributed by atoms with Crippen LogP contribution in [0.25, 0.3) is 0 Å². The third-order valence-electron chi connectivity index (χ3n) is 1.53. The summed E-state index contributed by atoms with van der Waals surface area (Å²) < 4.78 is 0. The minimum atomic E-state index is -1.29. The molecule has 14 heavy (non-hydrogen) atoms. The first-order valence-electron chi connectivity index (χ1n) is 4.02. The number of hydrogen-bond donors (Lipinski definition) is 2. The van der Waals surface area contributed by atoms with Crippen LogP contribution in [0.4, 0.5) is 0 Å². The molecule has 1 rings (SSSR count). The lowest BCUT2D eigenvalue weighted by Crippen LogP contribution is -2.05. The van der Waals surface area contributed by atoms with Gasteiger partial charge in [-0.3, -0.25) is 0 Å². The lowest BCUT2D eigenvalue weighted by molar-refractivity contribution is 0.0651. The molecule has 0 radical (unpaired) electrons. The molecule has 0 atom stereocenters. The number of thiazole rings is 1. The van der Waals surface area contributed by atoms with Crippen LogP contribution in [0.1, 0.15) is 38.5 Å². The van der Waals surface area contributed by atoms with E-state index in [1.54, 1.807) is 0 Å². The minimum absolute atomic E-state index is 0.194. The Hall–Kier alpha value is -1.43. The summed E-state index contributed by atoms with van der Waals surface area (Å²) in [6, 6.07) is 0. The summed E-state index contributed by atoms with van der Waals surface area (Å²) in [6.45, 7) is 1.92. The summed E-state index contributed by atoms with van der Waals surface area (Å²) in [7, 11) is 0. The number of carbonyl (C=O) groups is 2. The number of aromatic carboxylic acids is 2. The molecule has 0 unspecified atom stereocenters. The predicted octanol–water partition coefficient (Wildman–Crippen LogP) is 1.49. The maximum Gasteiger partial charge on any atom is 0.356 e. The largest absolute Gasteiger partial charge is 0.477 e. The molecule has 0 spiro atoms. The zero-order chi connectivity index (χ0) is 10.7. The lowest BCUT2D eigenvalue weighted by atomic mass is 10.3. The molecule has 0 saturated heterocycles. The average molecular weight is 215 g/mol. The van der Waals surface area contributed by atoms with Crippen LogP contribution in [-0.4, -0.2) is 27.1 Å². The molecule has 0 aliphatic rings. The second kappa shape index (κ2) is 4.19. The fraction of sp³-hybridized carbons (Fsp3) is 0.375. The van der Waals surface area contributed by atoms with Gasteiger partial charge in [-0.2, -0.15) is 0 Å². The number of rotatable bonds is 4. The van der Waals surface area contributed by atoms with E-state index in [4.69, 9.17) is 10.2 Å². The number of hydrogen-bond acceptors (Lipinski definition) is 4. The van der Waals surface area contributed by atoms with Crippen molar-refractivity contribution < 1.29 is 19.8 Å². The molecule has 2 N–H and O–H groups in total. The van der Waals surface area contributed by atoms with E-state index < -0.39 is 11.9 Å². The molecular weight excluding hydrogens is 206 g/mol. The molecule has 6 heteroatoms. The van der Waals surface area contributed by atoms with E-state index in [2.05, 4.69) is 4.98 Å². The SMILES string of the molecule is CCCc1nc(C(=O)O)c(C(=O)O)s1. The highest BCUT2D eigenvalue weighted by Gasteiger charge is 2.21. The van der Waals surface area contributed by atoms with Crippen LogP contribution >= 0.6 is 11.3 Å². The Balaban J connectivity index is 3.12. The fourth-order valence-electron chi connectivity index (χ4n) is 0.975. The molecular formula is C8H9NO4S. The first-order chi connectivity index (χ1) is 6.56. The van der Waals surface area contributed by atoms with Gasteiger partial charge < -0.3 is 10.2 Å². The van der Waals surface area contributed by atoms with Crippen molar-refractivity contribution in [2.75, 3.05) is 0 Å². The quantitative estimate of drug-likeness (QED) is 0.794. The zero-order valence-corrected chi connectivity index (χ0v) is 8.30. The fourth-order valence-corrected chi connectivity index (χ4v) is 1.97. The van der Waals surface area contributed by atoms with Crippen LogP contribution in [0, 0.1) is 0 Å². The Kier molecular flexibility index (Phi) is 3.19. The van der Waals surface area contributed by atoms with Crippen molar-refractivity contribution in [2.45, 2.75) is 19.8 Å². The van der Waals surface area contributed by atoms with Crippen LogP contribution in [0.3, 0.4) is 0 Å². The third-order valence-corrected chi connectivity index (χ3v) is 2.64. The molecule has 5 nitrogen and oxygen atoms in total. The number of carboxylic acid groups (broad SMARTS) is 2. The first-order valence-corrected chi connectivity index (χ1v) is 4.84. The summed E-state index contributed by atoms with van der Waals surface area (Å²) in [5.41, 5.74) is -0.356. The molecule has 0 saturated carbocycles. The summed E-state index contributed by atoms with van der Waals surface area (Å²) >= 11 is 0.929. The molecule has 0 aliphatic heterocycles. The number of aromatic nitrogens is 1. The summed E-state index contributed by atoms with van der Waals surface area (Å²) in [4.78, 5) is 24.8. The van der Waals surface area contributed by atoms with Crippen molar-refractivity contribution >= 4 is 23.3 Å². The average Bonchev–Trinajstić information content (AvgIpc) is 2.49. The Morgan fingerprint density at radius 3 is 2.36 bits per heavy atom. The van der Waals surface area contributed by atoms with Gasteiger partial charge in [-0.25, -0.2) is 14.6 Å². The van der Waals surface area contributed by atoms with Gasteiger partial charge in [0.25, 0.3) is 0 Å². The molecule has 1 heterocycles. The molecule has 0 fully saturated rings. The predicted molar refractivity (Wildman–Crippen MR) is 50.0 cm³/mol. The van der Waals surface area contributed by atoms with Crippen molar-refractivity contribution in [3.63, 3.8) is 0 Å². The van der Waals surface area contributed by atoms with Crippen LogP contribution in [0.5, 0.6) is 0 Å². The Morgan fingerprint density at radius 1 is 1.36 bits per heavy atom. The molecule has 76 valence electrons. The van der Waals surface area contributed by atoms with E-state index in [0.29, 0.717) is 11.4 Å². The topological polar surface area (TPSA) is 87.5 Å². The van der Waals surface area contributed by atoms with Gasteiger partial charge in [0, 0.05) is 0 Å². The molecule has 0 aromatic carbocycles. The van der Waals surface area contributed by atoms with Crippen molar-refractivity contribution in [3.8, 4) is 0 Å². The normalized spacial score (nSPS) is 10.1. The van der Waals surface area contributed by atoms with Crippen LogP contribution < -0.4 is 0 Å². The Bertz CT molecular complexity index is 340. The summed E-state index contributed by atoms with van der Waals surface area (Å²) in [5.74, 6) is -2.52. The highest BCUT2D eigenvalue weighted by molar-refractivity contribution is 7.13. The van der Waals surface area contributed by atoms with Crippen LogP contribution in [0.2, 0.25) is 0 Å². The van der Waals surface area contributed by atoms with E-state index in [0.717, 1.165) is 17.8 Å². The van der Waals surface area contributed by atoms with E-state index in [1.165, 1.54) is 0 Å². The molecule has 0 aliphatic carbocycles. The van der Waals surface area contributed by atoms with Gasteiger partial charge in [-0.1, -0.05) is 6.92 Å². The molecule has 0 bridgehead atoms. The smallest absolute Gasteiger partial charge is 0.356 e. The maximum absolute atomic E-state index is 10.7. The van der Waals surface area contributed by atoms with Gasteiger partial charge in [0.2, 0.25) is 0 Å². The van der Waals surface area contributed by atoms with Crippen LogP contribution in [0.15, 0.2) is 0 Å². The maximum atomic E-state index is 10.7. The minimum Gasteiger partial charge on any atom is -0.477 e. The monoisotopic (exact) mass is 215 g/mol. The van der Waals surface area contributed by atoms with Crippen molar-refractivity contribution in [1.29, 1.82) is 0 Å². The van der Waals surface area contributed by atoms with Gasteiger partial charge in [0.1, 0.15) is 4.88 Å². The molecule has 1 aromatic rings. The molecule has 1 aromatic heterocycles. The third kappa shape index (κ3) is 2.08. The first kappa shape index (κ1) is 10.6. The number of nitrogens with zero attached hydrogens (tertiary/aromatic N) is 1. The summed E-state index contributed by atoms with van der Waals surface area (Å²) in [6.07, 6.45) is 1.42. The second-order valence-electron chi connectivity index (χ2n) is 2.65. The van der Waals surface area contributed by atoms with E-state index in [1.807, 2.05) is 6.92 Å². The highest BCUT2D eigenvalue weighted by atomic mass is 32.1. The Morgan fingerprint density at radius 2 is 2.00 bits per heavy atom. The van der Waals surface area contributed by atoms with Gasteiger partial charge in [0.05, 0.1) is 5.01 Å². The van der Waals surface area contributed by atoms with Gasteiger partial charge in [-0.15, -0.1) is 11.3 Å². The van der Waals surface area contributed by atoms with E-state index in [-0.39, 0.29) is 10.6 Å². The summed E-state index contributed by atoms with van der Waals surface area (Å²) in [5, 5.41) is 17.9.